The van der Waals surface area contributed by atoms with Gasteiger partial charge in [0.2, 0.25) is 0 Å². The summed E-state index contributed by atoms with van der Waals surface area (Å²) < 4.78 is 5.48. The molecule has 1 aromatic rings. The number of ketones is 1. The fourth-order valence-electron chi connectivity index (χ4n) is 3.04. The van der Waals surface area contributed by atoms with Crippen molar-refractivity contribution < 1.29 is 9.53 Å². The molecule has 0 aromatic heterocycles. The Kier molecular flexibility index (Phi) is 4.25. The highest BCUT2D eigenvalue weighted by Gasteiger charge is 2.28. The molecule has 0 saturated carbocycles. The van der Waals surface area contributed by atoms with Gasteiger partial charge >= 0.3 is 0 Å². The lowest BCUT2D eigenvalue weighted by Crippen LogP contribution is -2.26. The van der Waals surface area contributed by atoms with Crippen molar-refractivity contribution in [2.24, 2.45) is 0 Å². The molecule has 0 amide bonds. The number of carbonyl (C=O) groups excluding carboxylic acids is 1. The number of ether oxygens (including phenoxy) is 1. The van der Waals surface area contributed by atoms with Gasteiger partial charge in [0.1, 0.15) is 5.75 Å². The van der Waals surface area contributed by atoms with Crippen LogP contribution < -0.4 is 4.74 Å². The number of hydrogen-bond acceptors (Lipinski definition) is 3. The van der Waals surface area contributed by atoms with Crippen molar-refractivity contribution >= 4 is 5.78 Å². The Bertz CT molecular complexity index is 480. The zero-order chi connectivity index (χ0) is 14.0. The van der Waals surface area contributed by atoms with Gasteiger partial charge in [0, 0.05) is 18.0 Å². The molecule has 0 bridgehead atoms. The Hall–Kier alpha value is -1.35. The molecule has 104 valence electrons. The Morgan fingerprint density at radius 2 is 2.16 bits per heavy atom. The SMILES string of the molecule is CCC(=O)c1ccc(OC)c2c1[C@H](N(C)C)CCC2. The molecule has 0 saturated heterocycles. The Morgan fingerprint density at radius 3 is 2.74 bits per heavy atom. The lowest BCUT2D eigenvalue weighted by Gasteiger charge is -2.33. The summed E-state index contributed by atoms with van der Waals surface area (Å²) in [6.07, 6.45) is 3.82. The third kappa shape index (κ3) is 2.52. The van der Waals surface area contributed by atoms with E-state index in [2.05, 4.69) is 19.0 Å². The van der Waals surface area contributed by atoms with Gasteiger partial charge in [-0.05, 0) is 56.6 Å². The van der Waals surface area contributed by atoms with Crippen LogP contribution in [0.3, 0.4) is 0 Å². The zero-order valence-electron chi connectivity index (χ0n) is 12.3. The average molecular weight is 261 g/mol. The minimum absolute atomic E-state index is 0.229. The molecule has 3 nitrogen and oxygen atoms in total. The van der Waals surface area contributed by atoms with E-state index in [1.807, 2.05) is 19.1 Å². The molecule has 0 N–H and O–H groups in total. The minimum Gasteiger partial charge on any atom is -0.496 e. The summed E-state index contributed by atoms with van der Waals surface area (Å²) in [6.45, 7) is 1.92. The third-order valence-corrected chi connectivity index (χ3v) is 4.02. The first-order chi connectivity index (χ1) is 9.10. The van der Waals surface area contributed by atoms with Crippen molar-refractivity contribution in [2.45, 2.75) is 38.6 Å². The number of methoxy groups -OCH3 is 1. The quantitative estimate of drug-likeness (QED) is 0.779. The second-order valence-corrected chi connectivity index (χ2v) is 5.36. The van der Waals surface area contributed by atoms with E-state index in [9.17, 15) is 4.79 Å². The molecule has 1 aliphatic rings. The number of nitrogens with zero attached hydrogens (tertiary/aromatic N) is 1. The van der Waals surface area contributed by atoms with Crippen molar-refractivity contribution in [2.75, 3.05) is 21.2 Å². The number of benzene rings is 1. The van der Waals surface area contributed by atoms with Crippen LogP contribution in [-0.4, -0.2) is 31.9 Å². The molecule has 1 aliphatic carbocycles. The molecule has 19 heavy (non-hydrogen) atoms. The van der Waals surface area contributed by atoms with Gasteiger partial charge in [-0.3, -0.25) is 4.79 Å². The number of fused-ring (bicyclic) bond motifs is 1. The maximum atomic E-state index is 12.2. The molecule has 0 heterocycles. The predicted molar refractivity (Wildman–Crippen MR) is 77.0 cm³/mol. The fourth-order valence-corrected chi connectivity index (χ4v) is 3.04. The summed E-state index contributed by atoms with van der Waals surface area (Å²) in [6, 6.07) is 4.20. The zero-order valence-corrected chi connectivity index (χ0v) is 12.3. The average Bonchev–Trinajstić information content (AvgIpc) is 2.44. The van der Waals surface area contributed by atoms with Crippen LogP contribution in [0.15, 0.2) is 12.1 Å². The second kappa shape index (κ2) is 5.74. The van der Waals surface area contributed by atoms with Crippen LogP contribution >= 0.6 is 0 Å². The molecule has 0 unspecified atom stereocenters. The van der Waals surface area contributed by atoms with E-state index < -0.39 is 0 Å². The van der Waals surface area contributed by atoms with E-state index in [-0.39, 0.29) is 5.78 Å². The molecular weight excluding hydrogens is 238 g/mol. The van der Waals surface area contributed by atoms with Crippen LogP contribution in [0.1, 0.15) is 53.7 Å². The largest absolute Gasteiger partial charge is 0.496 e. The van der Waals surface area contributed by atoms with Gasteiger partial charge in [-0.1, -0.05) is 6.92 Å². The Balaban J connectivity index is 2.62. The minimum atomic E-state index is 0.229. The highest BCUT2D eigenvalue weighted by molar-refractivity contribution is 5.98. The van der Waals surface area contributed by atoms with E-state index in [1.54, 1.807) is 7.11 Å². The second-order valence-electron chi connectivity index (χ2n) is 5.36. The van der Waals surface area contributed by atoms with Crippen LogP contribution in [0.5, 0.6) is 5.75 Å². The summed E-state index contributed by atoms with van der Waals surface area (Å²) in [4.78, 5) is 14.4. The van der Waals surface area contributed by atoms with Crippen LogP contribution in [0.25, 0.3) is 0 Å². The van der Waals surface area contributed by atoms with Crippen LogP contribution in [-0.2, 0) is 6.42 Å². The Morgan fingerprint density at radius 1 is 1.42 bits per heavy atom. The first kappa shape index (κ1) is 14.1. The molecule has 1 atom stereocenters. The molecule has 0 aliphatic heterocycles. The summed E-state index contributed by atoms with van der Waals surface area (Å²) in [5, 5.41) is 0. The number of hydrogen-bond donors (Lipinski definition) is 0. The smallest absolute Gasteiger partial charge is 0.162 e. The molecule has 0 radical (unpaired) electrons. The van der Waals surface area contributed by atoms with E-state index in [4.69, 9.17) is 4.74 Å². The molecule has 0 fully saturated rings. The van der Waals surface area contributed by atoms with E-state index >= 15 is 0 Å². The highest BCUT2D eigenvalue weighted by atomic mass is 16.5. The highest BCUT2D eigenvalue weighted by Crippen LogP contribution is 2.40. The van der Waals surface area contributed by atoms with Gasteiger partial charge < -0.3 is 9.64 Å². The number of Topliss-reactive ketones (excluding diaryl/α,β-unsaturated/α-hetero) is 1. The molecule has 2 rings (SSSR count). The van der Waals surface area contributed by atoms with Crippen molar-refractivity contribution in [1.29, 1.82) is 0 Å². The fraction of sp³-hybridized carbons (Fsp3) is 0.562. The molecular formula is C16H23NO2. The summed E-state index contributed by atoms with van der Waals surface area (Å²) in [5.74, 6) is 1.15. The van der Waals surface area contributed by atoms with Gasteiger partial charge in [0.25, 0.3) is 0 Å². The Labute approximate surface area is 115 Å². The van der Waals surface area contributed by atoms with Crippen LogP contribution in [0.4, 0.5) is 0 Å². The lowest BCUT2D eigenvalue weighted by atomic mass is 9.82. The maximum Gasteiger partial charge on any atom is 0.162 e. The van der Waals surface area contributed by atoms with Gasteiger partial charge in [0.15, 0.2) is 5.78 Å². The van der Waals surface area contributed by atoms with Crippen LogP contribution in [0.2, 0.25) is 0 Å². The third-order valence-electron chi connectivity index (χ3n) is 4.02. The lowest BCUT2D eigenvalue weighted by molar-refractivity contribution is 0.0984. The van der Waals surface area contributed by atoms with Crippen molar-refractivity contribution in [3.63, 3.8) is 0 Å². The molecule has 1 aromatic carbocycles. The topological polar surface area (TPSA) is 29.5 Å². The van der Waals surface area contributed by atoms with Crippen molar-refractivity contribution in [1.82, 2.24) is 4.90 Å². The van der Waals surface area contributed by atoms with E-state index in [0.29, 0.717) is 12.5 Å². The van der Waals surface area contributed by atoms with E-state index in [1.165, 1.54) is 11.1 Å². The van der Waals surface area contributed by atoms with Gasteiger partial charge in [-0.25, -0.2) is 0 Å². The predicted octanol–water partition coefficient (Wildman–Crippen LogP) is 3.23. The van der Waals surface area contributed by atoms with Crippen molar-refractivity contribution in [3.05, 3.63) is 28.8 Å². The number of carbonyl (C=O) groups is 1. The van der Waals surface area contributed by atoms with Crippen LogP contribution in [0, 0.1) is 0 Å². The first-order valence-corrected chi connectivity index (χ1v) is 6.99. The monoisotopic (exact) mass is 261 g/mol. The van der Waals surface area contributed by atoms with Gasteiger partial charge in [-0.15, -0.1) is 0 Å². The standard InChI is InChI=1S/C16H23NO2/c1-5-14(18)11-9-10-15(19-4)12-7-6-8-13(16(11)12)17(2)3/h9-10,13H,5-8H2,1-4H3/t13-/m1/s1. The summed E-state index contributed by atoms with van der Waals surface area (Å²) in [5.41, 5.74) is 3.31. The summed E-state index contributed by atoms with van der Waals surface area (Å²) in [7, 11) is 5.87. The van der Waals surface area contributed by atoms with Crippen molar-refractivity contribution in [3.8, 4) is 5.75 Å². The molecule has 0 spiro atoms. The normalized spacial score (nSPS) is 18.3. The summed E-state index contributed by atoms with van der Waals surface area (Å²) >= 11 is 0. The van der Waals surface area contributed by atoms with Gasteiger partial charge in [0.05, 0.1) is 7.11 Å². The van der Waals surface area contributed by atoms with Gasteiger partial charge in [-0.2, -0.15) is 0 Å². The first-order valence-electron chi connectivity index (χ1n) is 6.99. The maximum absolute atomic E-state index is 12.2. The number of rotatable bonds is 4. The van der Waals surface area contributed by atoms with E-state index in [0.717, 1.165) is 30.6 Å². The molecule has 3 heteroatoms.